The second-order valence-corrected chi connectivity index (χ2v) is 5.48. The van der Waals surface area contributed by atoms with Crippen LogP contribution in [0.25, 0.3) is 6.08 Å². The third kappa shape index (κ3) is 3.96. The van der Waals surface area contributed by atoms with Gasteiger partial charge in [-0.1, -0.05) is 29.3 Å². The van der Waals surface area contributed by atoms with Crippen LogP contribution in [-0.4, -0.2) is 29.9 Å². The molecule has 0 aliphatic carbocycles. The van der Waals surface area contributed by atoms with Crippen LogP contribution in [0.15, 0.2) is 24.3 Å². The van der Waals surface area contributed by atoms with Gasteiger partial charge < -0.3 is 10.6 Å². The molecule has 1 aromatic rings. The first kappa shape index (κ1) is 14.4. The lowest BCUT2D eigenvalue weighted by atomic mass is 10.1. The fraction of sp³-hybridized carbons (Fsp3) is 0.357. The molecule has 0 aromatic heterocycles. The van der Waals surface area contributed by atoms with Crippen LogP contribution in [0.5, 0.6) is 0 Å². The molecule has 1 saturated heterocycles. The van der Waals surface area contributed by atoms with Crippen molar-refractivity contribution in [2.24, 2.45) is 5.73 Å². The molecule has 2 rings (SSSR count). The Morgan fingerprint density at radius 2 is 1.95 bits per heavy atom. The summed E-state index contributed by atoms with van der Waals surface area (Å²) >= 11 is 11.8. The van der Waals surface area contributed by atoms with Crippen LogP contribution in [0.2, 0.25) is 10.0 Å². The van der Waals surface area contributed by atoms with Crippen molar-refractivity contribution in [3.8, 4) is 0 Å². The van der Waals surface area contributed by atoms with Crippen molar-refractivity contribution in [1.29, 1.82) is 0 Å². The van der Waals surface area contributed by atoms with E-state index in [1.165, 1.54) is 0 Å². The molecule has 1 fully saturated rings. The Balaban J connectivity index is 1.98. The average molecular weight is 299 g/mol. The molecule has 0 saturated carbocycles. The Bertz CT molecular complexity index is 494. The predicted octanol–water partition coefficient (Wildman–Crippen LogP) is 2.96. The fourth-order valence-electron chi connectivity index (χ4n) is 2.01. The lowest BCUT2D eigenvalue weighted by Gasteiger charge is -2.29. The Morgan fingerprint density at radius 3 is 2.58 bits per heavy atom. The highest BCUT2D eigenvalue weighted by Crippen LogP contribution is 2.23. The van der Waals surface area contributed by atoms with Gasteiger partial charge in [-0.05, 0) is 36.6 Å². The highest BCUT2D eigenvalue weighted by atomic mass is 35.5. The molecule has 0 unspecified atom stereocenters. The Morgan fingerprint density at radius 1 is 1.26 bits per heavy atom. The van der Waals surface area contributed by atoms with Crippen LogP contribution < -0.4 is 5.73 Å². The summed E-state index contributed by atoms with van der Waals surface area (Å²) in [4.78, 5) is 13.8. The second-order valence-electron chi connectivity index (χ2n) is 4.67. The number of hydrogen-bond acceptors (Lipinski definition) is 2. The van der Waals surface area contributed by atoms with Gasteiger partial charge in [-0.25, -0.2) is 0 Å². The summed E-state index contributed by atoms with van der Waals surface area (Å²) in [6, 6.07) is 5.50. The largest absolute Gasteiger partial charge is 0.339 e. The standard InChI is InChI=1S/C14H16Cl2N2O/c15-12-3-1-10(9-13(12)16)2-4-14(19)18-7-5-11(17)6-8-18/h1-4,9,11H,5-8,17H2/b4-2+. The van der Waals surface area contributed by atoms with Crippen LogP contribution in [0.4, 0.5) is 0 Å². The molecule has 5 heteroatoms. The maximum Gasteiger partial charge on any atom is 0.246 e. The number of nitrogens with two attached hydrogens (primary N) is 1. The molecule has 19 heavy (non-hydrogen) atoms. The van der Waals surface area contributed by atoms with E-state index in [0.717, 1.165) is 31.5 Å². The number of halogens is 2. The molecular weight excluding hydrogens is 283 g/mol. The van der Waals surface area contributed by atoms with Crippen molar-refractivity contribution in [3.63, 3.8) is 0 Å². The third-order valence-corrected chi connectivity index (χ3v) is 3.95. The van der Waals surface area contributed by atoms with E-state index >= 15 is 0 Å². The minimum Gasteiger partial charge on any atom is -0.339 e. The predicted molar refractivity (Wildman–Crippen MR) is 79.3 cm³/mol. The van der Waals surface area contributed by atoms with E-state index in [1.54, 1.807) is 24.3 Å². The van der Waals surface area contributed by atoms with Crippen molar-refractivity contribution in [3.05, 3.63) is 39.9 Å². The first-order chi connectivity index (χ1) is 9.06. The molecule has 3 nitrogen and oxygen atoms in total. The molecule has 0 bridgehead atoms. The van der Waals surface area contributed by atoms with E-state index in [-0.39, 0.29) is 11.9 Å². The van der Waals surface area contributed by atoms with Crippen LogP contribution in [0.1, 0.15) is 18.4 Å². The first-order valence-electron chi connectivity index (χ1n) is 6.24. The average Bonchev–Trinajstić information content (AvgIpc) is 2.40. The zero-order valence-corrected chi connectivity index (χ0v) is 12.0. The van der Waals surface area contributed by atoms with E-state index in [2.05, 4.69) is 0 Å². The quantitative estimate of drug-likeness (QED) is 0.853. The number of amides is 1. The molecule has 2 N–H and O–H groups in total. The summed E-state index contributed by atoms with van der Waals surface area (Å²) in [5, 5.41) is 0.996. The third-order valence-electron chi connectivity index (χ3n) is 3.21. The highest BCUT2D eigenvalue weighted by molar-refractivity contribution is 6.42. The van der Waals surface area contributed by atoms with Gasteiger partial charge in [-0.15, -0.1) is 0 Å². The number of benzene rings is 1. The Kier molecular flexibility index (Phi) is 4.86. The van der Waals surface area contributed by atoms with Crippen LogP contribution >= 0.6 is 23.2 Å². The van der Waals surface area contributed by atoms with E-state index in [0.29, 0.717) is 10.0 Å². The van der Waals surface area contributed by atoms with E-state index < -0.39 is 0 Å². The minimum atomic E-state index is 0.0120. The van der Waals surface area contributed by atoms with Gasteiger partial charge in [0.1, 0.15) is 0 Å². The number of rotatable bonds is 2. The lowest BCUT2D eigenvalue weighted by molar-refractivity contribution is -0.126. The molecular formula is C14H16Cl2N2O. The molecule has 102 valence electrons. The summed E-state index contributed by atoms with van der Waals surface area (Å²) in [7, 11) is 0. The fourth-order valence-corrected chi connectivity index (χ4v) is 2.32. The van der Waals surface area contributed by atoms with Gasteiger partial charge in [0.15, 0.2) is 0 Å². The number of hydrogen-bond donors (Lipinski definition) is 1. The van der Waals surface area contributed by atoms with Gasteiger partial charge in [-0.3, -0.25) is 4.79 Å². The molecule has 1 aromatic carbocycles. The van der Waals surface area contributed by atoms with Gasteiger partial charge in [0.25, 0.3) is 0 Å². The summed E-state index contributed by atoms with van der Waals surface area (Å²) in [5.74, 6) is 0.0120. The van der Waals surface area contributed by atoms with Crippen molar-refractivity contribution < 1.29 is 4.79 Å². The second kappa shape index (κ2) is 6.42. The maximum atomic E-state index is 12.0. The van der Waals surface area contributed by atoms with Crippen molar-refractivity contribution in [2.45, 2.75) is 18.9 Å². The minimum absolute atomic E-state index is 0.0120. The number of carbonyl (C=O) groups excluding carboxylic acids is 1. The molecule has 1 aliphatic heterocycles. The summed E-state index contributed by atoms with van der Waals surface area (Å²) in [6.07, 6.45) is 5.05. The van der Waals surface area contributed by atoms with E-state index in [1.807, 2.05) is 11.0 Å². The first-order valence-corrected chi connectivity index (χ1v) is 6.99. The van der Waals surface area contributed by atoms with Gasteiger partial charge >= 0.3 is 0 Å². The zero-order chi connectivity index (χ0) is 13.8. The topological polar surface area (TPSA) is 46.3 Å². The van der Waals surface area contributed by atoms with Crippen LogP contribution in [0, 0.1) is 0 Å². The van der Waals surface area contributed by atoms with Gasteiger partial charge in [0.05, 0.1) is 10.0 Å². The molecule has 0 radical (unpaired) electrons. The Hall–Kier alpha value is -1.03. The van der Waals surface area contributed by atoms with Gasteiger partial charge in [0, 0.05) is 25.2 Å². The van der Waals surface area contributed by atoms with Gasteiger partial charge in [0.2, 0.25) is 5.91 Å². The number of carbonyl (C=O) groups is 1. The molecule has 1 aliphatic rings. The smallest absolute Gasteiger partial charge is 0.246 e. The molecule has 0 atom stereocenters. The highest BCUT2D eigenvalue weighted by Gasteiger charge is 2.18. The maximum absolute atomic E-state index is 12.0. The van der Waals surface area contributed by atoms with Crippen LogP contribution in [0.3, 0.4) is 0 Å². The van der Waals surface area contributed by atoms with E-state index in [9.17, 15) is 4.79 Å². The lowest BCUT2D eigenvalue weighted by Crippen LogP contribution is -2.42. The summed E-state index contributed by atoms with van der Waals surface area (Å²) in [5.41, 5.74) is 6.67. The Labute approximate surface area is 123 Å². The summed E-state index contributed by atoms with van der Waals surface area (Å²) < 4.78 is 0. The molecule has 0 spiro atoms. The molecule has 1 heterocycles. The normalized spacial score (nSPS) is 17.1. The zero-order valence-electron chi connectivity index (χ0n) is 10.5. The van der Waals surface area contributed by atoms with Crippen LogP contribution in [-0.2, 0) is 4.79 Å². The molecule has 1 amide bonds. The number of piperidine rings is 1. The van der Waals surface area contributed by atoms with E-state index in [4.69, 9.17) is 28.9 Å². The summed E-state index contributed by atoms with van der Waals surface area (Å²) in [6.45, 7) is 1.46. The van der Waals surface area contributed by atoms with Crippen molar-refractivity contribution in [1.82, 2.24) is 4.90 Å². The monoisotopic (exact) mass is 298 g/mol. The van der Waals surface area contributed by atoms with Gasteiger partial charge in [-0.2, -0.15) is 0 Å². The van der Waals surface area contributed by atoms with Crippen molar-refractivity contribution >= 4 is 35.2 Å². The number of nitrogens with zero attached hydrogens (tertiary/aromatic N) is 1. The number of likely N-dealkylation sites (tertiary alicyclic amines) is 1. The SMILES string of the molecule is NC1CCN(C(=O)/C=C/c2ccc(Cl)c(Cl)c2)CC1. The van der Waals surface area contributed by atoms with Crippen molar-refractivity contribution in [2.75, 3.05) is 13.1 Å².